The second kappa shape index (κ2) is 9.84. The van der Waals surface area contributed by atoms with E-state index in [2.05, 4.69) is 20.1 Å². The van der Waals surface area contributed by atoms with Gasteiger partial charge in [0.05, 0.1) is 17.5 Å². The Morgan fingerprint density at radius 2 is 1.79 bits per heavy atom. The highest BCUT2D eigenvalue weighted by Gasteiger charge is 2.21. The van der Waals surface area contributed by atoms with E-state index in [1.807, 2.05) is 30.3 Å². The van der Waals surface area contributed by atoms with E-state index in [1.54, 1.807) is 24.0 Å². The molecule has 10 heteroatoms. The van der Waals surface area contributed by atoms with E-state index in [1.165, 1.54) is 30.6 Å². The van der Waals surface area contributed by atoms with Gasteiger partial charge in [0.1, 0.15) is 18.5 Å². The highest BCUT2D eigenvalue weighted by Crippen LogP contribution is 2.21. The molecule has 1 amide bonds. The fraction of sp³-hybridized carbons (Fsp3) is 0.125. The Labute approximate surface area is 196 Å². The first kappa shape index (κ1) is 23.1. The number of anilines is 1. The van der Waals surface area contributed by atoms with Gasteiger partial charge in [0.2, 0.25) is 0 Å². The highest BCUT2D eigenvalue weighted by molar-refractivity contribution is 7.92. The number of halogens is 1. The molecule has 3 aromatic carbocycles. The van der Waals surface area contributed by atoms with Gasteiger partial charge < -0.3 is 5.32 Å². The van der Waals surface area contributed by atoms with Gasteiger partial charge in [-0.2, -0.15) is 5.10 Å². The van der Waals surface area contributed by atoms with Gasteiger partial charge in [0.15, 0.2) is 0 Å². The van der Waals surface area contributed by atoms with Crippen LogP contribution >= 0.6 is 0 Å². The first-order valence-corrected chi connectivity index (χ1v) is 11.9. The third-order valence-corrected chi connectivity index (χ3v) is 6.58. The summed E-state index contributed by atoms with van der Waals surface area (Å²) in [5, 5.41) is 7.09. The maximum absolute atomic E-state index is 13.2. The van der Waals surface area contributed by atoms with Crippen molar-refractivity contribution in [3.8, 4) is 0 Å². The Bertz CT molecular complexity index is 1380. The molecule has 0 spiro atoms. The van der Waals surface area contributed by atoms with Crippen molar-refractivity contribution in [3.63, 3.8) is 0 Å². The molecule has 0 fully saturated rings. The minimum Gasteiger partial charge on any atom is -0.343 e. The average Bonchev–Trinajstić information content (AvgIpc) is 3.34. The van der Waals surface area contributed by atoms with Crippen LogP contribution in [-0.4, -0.2) is 29.1 Å². The van der Waals surface area contributed by atoms with Crippen molar-refractivity contribution < 1.29 is 17.6 Å². The number of benzene rings is 3. The van der Waals surface area contributed by atoms with Crippen molar-refractivity contribution in [2.24, 2.45) is 0 Å². The fourth-order valence-electron chi connectivity index (χ4n) is 3.41. The molecule has 1 atom stereocenters. The molecule has 4 aromatic rings. The molecular weight excluding hydrogens is 457 g/mol. The number of sulfonamides is 1. The van der Waals surface area contributed by atoms with Crippen molar-refractivity contribution in [1.29, 1.82) is 0 Å². The number of nitrogens with zero attached hydrogens (tertiary/aromatic N) is 3. The van der Waals surface area contributed by atoms with Crippen LogP contribution in [0.5, 0.6) is 0 Å². The number of nitrogens with one attached hydrogen (secondary N) is 2. The second-order valence-corrected chi connectivity index (χ2v) is 9.33. The number of hydrogen-bond acceptors (Lipinski definition) is 5. The second-order valence-electron chi connectivity index (χ2n) is 7.64. The molecule has 4 rings (SSSR count). The van der Waals surface area contributed by atoms with E-state index >= 15 is 0 Å². The van der Waals surface area contributed by atoms with E-state index in [0.29, 0.717) is 12.1 Å². The van der Waals surface area contributed by atoms with Crippen LogP contribution in [0, 0.1) is 12.7 Å². The lowest BCUT2D eigenvalue weighted by Gasteiger charge is -2.20. The van der Waals surface area contributed by atoms with E-state index in [-0.39, 0.29) is 16.1 Å². The molecular formula is C24H22FN5O3S. The quantitative estimate of drug-likeness (QED) is 0.401. The smallest absolute Gasteiger partial charge is 0.261 e. The Morgan fingerprint density at radius 1 is 1.06 bits per heavy atom. The lowest BCUT2D eigenvalue weighted by molar-refractivity contribution is 0.0931. The summed E-state index contributed by atoms with van der Waals surface area (Å²) in [4.78, 5) is 17.1. The zero-order valence-corrected chi connectivity index (χ0v) is 19.0. The normalized spacial score (nSPS) is 12.2. The van der Waals surface area contributed by atoms with Crippen LogP contribution < -0.4 is 10.0 Å². The zero-order valence-electron chi connectivity index (χ0n) is 18.2. The third-order valence-electron chi connectivity index (χ3n) is 5.20. The van der Waals surface area contributed by atoms with Crippen LogP contribution in [0.3, 0.4) is 0 Å². The number of hydrogen-bond donors (Lipinski definition) is 2. The van der Waals surface area contributed by atoms with Gasteiger partial charge >= 0.3 is 0 Å². The summed E-state index contributed by atoms with van der Waals surface area (Å²) in [6, 6.07) is 18.3. The molecule has 0 saturated carbocycles. The summed E-state index contributed by atoms with van der Waals surface area (Å²) in [6.07, 6.45) is 2.97. The Balaban J connectivity index is 1.59. The number of carbonyl (C=O) groups is 1. The molecule has 1 aromatic heterocycles. The third kappa shape index (κ3) is 5.46. The molecule has 174 valence electrons. The van der Waals surface area contributed by atoms with E-state index in [0.717, 1.165) is 17.7 Å². The van der Waals surface area contributed by atoms with Crippen molar-refractivity contribution >= 4 is 21.6 Å². The Hall–Kier alpha value is -4.05. The molecule has 2 N–H and O–H groups in total. The molecule has 0 aliphatic rings. The summed E-state index contributed by atoms with van der Waals surface area (Å²) >= 11 is 0. The molecule has 0 radical (unpaired) electrons. The first-order valence-electron chi connectivity index (χ1n) is 10.4. The van der Waals surface area contributed by atoms with Gasteiger partial charge in [-0.25, -0.2) is 17.8 Å². The van der Waals surface area contributed by atoms with Crippen LogP contribution in [0.4, 0.5) is 10.1 Å². The first-order chi connectivity index (χ1) is 16.3. The summed E-state index contributed by atoms with van der Waals surface area (Å²) < 4.78 is 42.9. The minimum absolute atomic E-state index is 0.0832. The van der Waals surface area contributed by atoms with Crippen molar-refractivity contribution in [2.75, 3.05) is 4.72 Å². The number of aromatic nitrogens is 3. The molecule has 1 heterocycles. The predicted octanol–water partition coefficient (Wildman–Crippen LogP) is 3.70. The maximum Gasteiger partial charge on any atom is 0.261 e. The van der Waals surface area contributed by atoms with Gasteiger partial charge in [-0.3, -0.25) is 14.2 Å². The number of aryl methyl sites for hydroxylation is 1. The van der Waals surface area contributed by atoms with Crippen LogP contribution in [0.2, 0.25) is 0 Å². The fourth-order valence-corrected chi connectivity index (χ4v) is 4.50. The van der Waals surface area contributed by atoms with Crippen LogP contribution in [0.25, 0.3) is 0 Å². The van der Waals surface area contributed by atoms with Gasteiger partial charge in [-0.1, -0.05) is 36.4 Å². The maximum atomic E-state index is 13.2. The topological polar surface area (TPSA) is 106 Å². The lowest BCUT2D eigenvalue weighted by Crippen LogP contribution is -2.32. The van der Waals surface area contributed by atoms with E-state index in [4.69, 9.17) is 0 Å². The summed E-state index contributed by atoms with van der Waals surface area (Å²) in [6.45, 7) is 2.08. The summed E-state index contributed by atoms with van der Waals surface area (Å²) in [5.74, 6) is -0.901. The summed E-state index contributed by atoms with van der Waals surface area (Å²) in [5.41, 5.74) is 1.92. The molecule has 0 saturated heterocycles. The van der Waals surface area contributed by atoms with Crippen LogP contribution in [-0.2, 0) is 16.6 Å². The molecule has 0 bridgehead atoms. The van der Waals surface area contributed by atoms with E-state index in [9.17, 15) is 17.6 Å². The predicted molar refractivity (Wildman–Crippen MR) is 125 cm³/mol. The number of rotatable bonds is 8. The monoisotopic (exact) mass is 479 g/mol. The van der Waals surface area contributed by atoms with E-state index < -0.39 is 27.8 Å². The number of carbonyl (C=O) groups excluding carboxylic acids is 1. The molecule has 34 heavy (non-hydrogen) atoms. The SMILES string of the molecule is Cc1ccc(S(=O)(=O)Nc2ccc(F)cc2)cc1C(=O)NC(Cn1cncn1)c1ccccc1. The van der Waals surface area contributed by atoms with Crippen LogP contribution in [0.1, 0.15) is 27.5 Å². The largest absolute Gasteiger partial charge is 0.343 e. The van der Waals surface area contributed by atoms with Gasteiger partial charge in [0, 0.05) is 11.3 Å². The van der Waals surface area contributed by atoms with Crippen molar-refractivity contribution in [1.82, 2.24) is 20.1 Å². The standard InChI is InChI=1S/C24H22FN5O3S/c1-17-7-12-21(34(32,33)29-20-10-8-19(25)9-11-20)13-22(17)24(31)28-23(14-30-16-26-15-27-30)18-5-3-2-4-6-18/h2-13,15-16,23,29H,14H2,1H3,(H,28,31). The number of amides is 1. The van der Waals surface area contributed by atoms with Crippen molar-refractivity contribution in [3.05, 3.63) is 108 Å². The van der Waals surface area contributed by atoms with Gasteiger partial charge in [-0.05, 0) is 54.4 Å². The zero-order chi connectivity index (χ0) is 24.1. The molecule has 8 nitrogen and oxygen atoms in total. The average molecular weight is 480 g/mol. The molecule has 0 aliphatic carbocycles. The molecule has 1 unspecified atom stereocenters. The highest BCUT2D eigenvalue weighted by atomic mass is 32.2. The minimum atomic E-state index is -4.00. The molecule has 0 aliphatic heterocycles. The lowest BCUT2D eigenvalue weighted by atomic mass is 10.0. The van der Waals surface area contributed by atoms with Gasteiger partial charge in [0.25, 0.3) is 15.9 Å². The van der Waals surface area contributed by atoms with Crippen LogP contribution in [0.15, 0.2) is 90.3 Å². The van der Waals surface area contributed by atoms with Gasteiger partial charge in [-0.15, -0.1) is 0 Å². The Morgan fingerprint density at radius 3 is 2.47 bits per heavy atom. The summed E-state index contributed by atoms with van der Waals surface area (Å²) in [7, 11) is -4.00. The Kier molecular flexibility index (Phi) is 6.69. The van der Waals surface area contributed by atoms with Crippen molar-refractivity contribution in [2.45, 2.75) is 24.4 Å².